The van der Waals surface area contributed by atoms with Gasteiger partial charge in [-0.25, -0.2) is 14.2 Å². The molecule has 0 aromatic heterocycles. The fraction of sp³-hybridized carbons (Fsp3) is 0.882. The predicted molar refractivity (Wildman–Crippen MR) is 77.2 cm³/mol. The van der Waals surface area contributed by atoms with Crippen LogP contribution in [0.25, 0.3) is 0 Å². The van der Waals surface area contributed by atoms with E-state index in [0.29, 0.717) is 17.6 Å². The van der Waals surface area contributed by atoms with Crippen LogP contribution < -0.4 is 0 Å². The minimum absolute atomic E-state index is 0.130. The standard InChI is InChI=1S/C17H25FO4/c1-4-11-13-6-5-10(2)12-7-8-16(3)20-15(19-14(11)9-18)17(12,13)22-21-16/h10,12-13,15H,4-9H2,1-3H3/t10-,12?,13+,15-,16+,17-/m1/s1. The molecule has 4 fully saturated rings. The summed E-state index contributed by atoms with van der Waals surface area (Å²) in [5, 5.41) is 0. The zero-order valence-corrected chi connectivity index (χ0v) is 13.6. The van der Waals surface area contributed by atoms with Gasteiger partial charge in [0, 0.05) is 18.3 Å². The van der Waals surface area contributed by atoms with Crippen molar-refractivity contribution in [3.05, 3.63) is 11.3 Å². The zero-order valence-electron chi connectivity index (χ0n) is 13.6. The third-order valence-corrected chi connectivity index (χ3v) is 6.25. The first-order valence-electron chi connectivity index (χ1n) is 8.53. The van der Waals surface area contributed by atoms with Crippen LogP contribution in [-0.2, 0) is 19.2 Å². The maximum absolute atomic E-state index is 13.5. The van der Waals surface area contributed by atoms with Crippen molar-refractivity contribution in [2.24, 2.45) is 17.8 Å². The van der Waals surface area contributed by atoms with Gasteiger partial charge in [0.1, 0.15) is 12.4 Å². The third kappa shape index (κ3) is 1.79. The van der Waals surface area contributed by atoms with Gasteiger partial charge in [-0.3, -0.25) is 0 Å². The van der Waals surface area contributed by atoms with Gasteiger partial charge >= 0.3 is 0 Å². The van der Waals surface area contributed by atoms with Crippen molar-refractivity contribution in [1.82, 2.24) is 0 Å². The Bertz CT molecular complexity index is 507. The van der Waals surface area contributed by atoms with Crippen LogP contribution in [0, 0.1) is 17.8 Å². The summed E-state index contributed by atoms with van der Waals surface area (Å²) in [4.78, 5) is 11.7. The predicted octanol–water partition coefficient (Wildman–Crippen LogP) is 3.87. The Morgan fingerprint density at radius 1 is 1.23 bits per heavy atom. The summed E-state index contributed by atoms with van der Waals surface area (Å²) < 4.78 is 25.6. The van der Waals surface area contributed by atoms with Crippen LogP contribution in [-0.4, -0.2) is 24.4 Å². The smallest absolute Gasteiger partial charge is 0.235 e. The van der Waals surface area contributed by atoms with Gasteiger partial charge in [0.15, 0.2) is 5.60 Å². The highest BCUT2D eigenvalue weighted by molar-refractivity contribution is 5.25. The molecule has 5 heteroatoms. The molecular weight excluding hydrogens is 287 g/mol. The number of alkyl halides is 1. The van der Waals surface area contributed by atoms with Crippen LogP contribution >= 0.6 is 0 Å². The van der Waals surface area contributed by atoms with E-state index in [-0.39, 0.29) is 5.92 Å². The molecule has 1 spiro atoms. The normalized spacial score (nSPS) is 50.4. The summed E-state index contributed by atoms with van der Waals surface area (Å²) in [6, 6.07) is 0. The maximum Gasteiger partial charge on any atom is 0.235 e. The Labute approximate surface area is 130 Å². The largest absolute Gasteiger partial charge is 0.463 e. The fourth-order valence-corrected chi connectivity index (χ4v) is 5.11. The lowest BCUT2D eigenvalue weighted by atomic mass is 9.59. The monoisotopic (exact) mass is 312 g/mol. The number of allylic oxidation sites excluding steroid dienone is 1. The Kier molecular flexibility index (Phi) is 3.34. The van der Waals surface area contributed by atoms with Crippen LogP contribution in [0.1, 0.15) is 52.9 Å². The second kappa shape index (κ2) is 4.92. The van der Waals surface area contributed by atoms with E-state index in [0.717, 1.165) is 37.7 Å². The van der Waals surface area contributed by atoms with Crippen molar-refractivity contribution in [3.63, 3.8) is 0 Å². The van der Waals surface area contributed by atoms with Gasteiger partial charge in [-0.1, -0.05) is 13.8 Å². The quantitative estimate of drug-likeness (QED) is 0.725. The van der Waals surface area contributed by atoms with Gasteiger partial charge < -0.3 is 9.47 Å². The minimum Gasteiger partial charge on any atom is -0.463 e. The van der Waals surface area contributed by atoms with Crippen molar-refractivity contribution < 1.29 is 23.6 Å². The first kappa shape index (κ1) is 14.9. The Morgan fingerprint density at radius 2 is 2.05 bits per heavy atom. The number of ether oxygens (including phenoxy) is 2. The van der Waals surface area contributed by atoms with Gasteiger partial charge in [0.05, 0.1) is 0 Å². The summed E-state index contributed by atoms with van der Waals surface area (Å²) >= 11 is 0. The molecule has 0 aromatic rings. The molecule has 5 aliphatic rings. The lowest BCUT2D eigenvalue weighted by Gasteiger charge is -2.57. The molecular formula is C17H25FO4. The number of halogens is 1. The van der Waals surface area contributed by atoms with E-state index >= 15 is 0 Å². The summed E-state index contributed by atoms with van der Waals surface area (Å²) in [6.07, 6.45) is 4.10. The molecule has 6 atom stereocenters. The highest BCUT2D eigenvalue weighted by atomic mass is 19.1. The van der Waals surface area contributed by atoms with Crippen LogP contribution in [0.5, 0.6) is 0 Å². The highest BCUT2D eigenvalue weighted by Crippen LogP contribution is 2.60. The van der Waals surface area contributed by atoms with E-state index < -0.39 is 24.4 Å². The molecule has 2 bridgehead atoms. The molecule has 5 rings (SSSR count). The highest BCUT2D eigenvalue weighted by Gasteiger charge is 2.68. The second-order valence-corrected chi connectivity index (χ2v) is 7.41. The van der Waals surface area contributed by atoms with Crippen LogP contribution in [0.15, 0.2) is 11.3 Å². The molecule has 0 aromatic carbocycles. The Hall–Kier alpha value is -0.650. The summed E-state index contributed by atoms with van der Waals surface area (Å²) in [5.74, 6) is 0.646. The average molecular weight is 312 g/mol. The molecule has 4 nitrogen and oxygen atoms in total. The van der Waals surface area contributed by atoms with E-state index in [1.165, 1.54) is 0 Å². The Morgan fingerprint density at radius 3 is 2.77 bits per heavy atom. The lowest BCUT2D eigenvalue weighted by Crippen LogP contribution is -2.66. The van der Waals surface area contributed by atoms with E-state index in [1.54, 1.807) is 0 Å². The summed E-state index contributed by atoms with van der Waals surface area (Å²) in [7, 11) is 0. The fourth-order valence-electron chi connectivity index (χ4n) is 5.11. The van der Waals surface area contributed by atoms with Gasteiger partial charge in [-0.15, -0.1) is 0 Å². The first-order chi connectivity index (χ1) is 10.5. The molecule has 0 N–H and O–H groups in total. The van der Waals surface area contributed by atoms with Gasteiger partial charge in [0.25, 0.3) is 0 Å². The number of fused-ring (bicyclic) bond motifs is 2. The molecule has 4 heterocycles. The SMILES string of the molecule is CCC1=C(CF)O[C@@H]2O[C@]3(C)CCC4[C@H](C)CC[C@@H]1[C@]42OO3. The van der Waals surface area contributed by atoms with Crippen molar-refractivity contribution in [1.29, 1.82) is 0 Å². The van der Waals surface area contributed by atoms with E-state index in [9.17, 15) is 4.39 Å². The zero-order chi connectivity index (χ0) is 15.5. The van der Waals surface area contributed by atoms with Gasteiger partial charge in [-0.05, 0) is 44.1 Å². The molecule has 4 aliphatic heterocycles. The van der Waals surface area contributed by atoms with E-state index in [2.05, 4.69) is 13.8 Å². The molecule has 1 unspecified atom stereocenters. The molecule has 1 aliphatic carbocycles. The summed E-state index contributed by atoms with van der Waals surface area (Å²) in [6.45, 7) is 5.64. The molecule has 1 saturated carbocycles. The molecule has 0 amide bonds. The first-order valence-corrected chi connectivity index (χ1v) is 8.53. The topological polar surface area (TPSA) is 36.9 Å². The van der Waals surface area contributed by atoms with Crippen molar-refractivity contribution in [3.8, 4) is 0 Å². The third-order valence-electron chi connectivity index (χ3n) is 6.25. The number of hydrogen-bond acceptors (Lipinski definition) is 4. The van der Waals surface area contributed by atoms with Crippen molar-refractivity contribution >= 4 is 0 Å². The van der Waals surface area contributed by atoms with Crippen LogP contribution in [0.3, 0.4) is 0 Å². The Balaban J connectivity index is 1.86. The van der Waals surface area contributed by atoms with Crippen LogP contribution in [0.4, 0.5) is 4.39 Å². The van der Waals surface area contributed by atoms with Crippen molar-refractivity contribution in [2.75, 3.05) is 6.67 Å². The van der Waals surface area contributed by atoms with Crippen molar-refractivity contribution in [2.45, 2.75) is 70.6 Å². The minimum atomic E-state index is -0.789. The molecule has 0 radical (unpaired) electrons. The summed E-state index contributed by atoms with van der Waals surface area (Å²) in [5.41, 5.74) is 0.436. The van der Waals surface area contributed by atoms with Gasteiger partial charge in [-0.2, -0.15) is 0 Å². The lowest BCUT2D eigenvalue weighted by molar-refractivity contribution is -0.556. The van der Waals surface area contributed by atoms with E-state index in [4.69, 9.17) is 19.2 Å². The molecule has 3 saturated heterocycles. The molecule has 124 valence electrons. The van der Waals surface area contributed by atoms with Crippen LogP contribution in [0.2, 0.25) is 0 Å². The van der Waals surface area contributed by atoms with E-state index in [1.807, 2.05) is 6.92 Å². The average Bonchev–Trinajstić information content (AvgIpc) is 2.74. The van der Waals surface area contributed by atoms with Gasteiger partial charge in [0.2, 0.25) is 12.1 Å². The maximum atomic E-state index is 13.5. The second-order valence-electron chi connectivity index (χ2n) is 7.41. The molecule has 22 heavy (non-hydrogen) atoms. The number of hydrogen-bond donors (Lipinski definition) is 0. The number of rotatable bonds is 2.